The summed E-state index contributed by atoms with van der Waals surface area (Å²) >= 11 is 0. The molecule has 9 nitrogen and oxygen atoms in total. The molecule has 0 unspecified atom stereocenters. The molecule has 1 aliphatic carbocycles. The summed E-state index contributed by atoms with van der Waals surface area (Å²) in [6.45, 7) is 0. The monoisotopic (exact) mass is 488 g/mol. The smallest absolute Gasteiger partial charge is 0.329 e. The van der Waals surface area contributed by atoms with Crippen LogP contribution in [0.15, 0.2) is 72.8 Å². The average Bonchev–Trinajstić information content (AvgIpc) is 3.24. The van der Waals surface area contributed by atoms with Crippen molar-refractivity contribution < 1.29 is 28.8 Å². The summed E-state index contributed by atoms with van der Waals surface area (Å²) in [6, 6.07) is 19.3. The summed E-state index contributed by atoms with van der Waals surface area (Å²) in [5.41, 5.74) is 3.77. The molecule has 0 saturated carbocycles. The summed E-state index contributed by atoms with van der Waals surface area (Å²) in [7, 11) is 2.40. The SMILES string of the molecule is COC(=O)C[C@H](c1ccc([N+](=O)[O-])cc1)[C@H](NC(=O)C1c2ccccc2-c2ccccc21)C(=O)OC. The maximum atomic E-state index is 13.7. The van der Waals surface area contributed by atoms with Gasteiger partial charge in [-0.15, -0.1) is 0 Å². The molecule has 0 fully saturated rings. The number of carbonyl (C=O) groups is 3. The van der Waals surface area contributed by atoms with Crippen LogP contribution in [-0.2, 0) is 23.9 Å². The Balaban J connectivity index is 1.72. The quantitative estimate of drug-likeness (QED) is 0.291. The summed E-state index contributed by atoms with van der Waals surface area (Å²) < 4.78 is 9.79. The number of non-ortho nitro benzene ring substituents is 1. The number of nitrogens with one attached hydrogen (secondary N) is 1. The normalized spacial score (nSPS) is 13.6. The molecule has 2 atom stereocenters. The van der Waals surface area contributed by atoms with Crippen molar-refractivity contribution in [3.63, 3.8) is 0 Å². The fraction of sp³-hybridized carbons (Fsp3) is 0.222. The summed E-state index contributed by atoms with van der Waals surface area (Å²) in [4.78, 5) is 49.4. The molecule has 0 bridgehead atoms. The lowest BCUT2D eigenvalue weighted by Crippen LogP contribution is -2.47. The second kappa shape index (κ2) is 10.4. The van der Waals surface area contributed by atoms with E-state index in [0.29, 0.717) is 5.56 Å². The van der Waals surface area contributed by atoms with Gasteiger partial charge in [0.15, 0.2) is 0 Å². The number of ether oxygens (including phenoxy) is 2. The van der Waals surface area contributed by atoms with Crippen molar-refractivity contribution in [2.24, 2.45) is 0 Å². The Morgan fingerprint density at radius 3 is 1.94 bits per heavy atom. The van der Waals surface area contributed by atoms with E-state index < -0.39 is 40.6 Å². The number of fused-ring (bicyclic) bond motifs is 3. The van der Waals surface area contributed by atoms with Crippen LogP contribution in [0.5, 0.6) is 0 Å². The first-order valence-corrected chi connectivity index (χ1v) is 11.2. The van der Waals surface area contributed by atoms with Gasteiger partial charge in [0.05, 0.1) is 31.5 Å². The van der Waals surface area contributed by atoms with Gasteiger partial charge in [-0.3, -0.25) is 19.7 Å². The van der Waals surface area contributed by atoms with Gasteiger partial charge >= 0.3 is 11.9 Å². The second-order valence-electron chi connectivity index (χ2n) is 8.35. The fourth-order valence-corrected chi connectivity index (χ4v) is 4.66. The van der Waals surface area contributed by atoms with Gasteiger partial charge in [0, 0.05) is 18.1 Å². The van der Waals surface area contributed by atoms with E-state index in [2.05, 4.69) is 5.32 Å². The first-order chi connectivity index (χ1) is 17.3. The number of amides is 1. The molecule has 184 valence electrons. The molecule has 0 heterocycles. The maximum absolute atomic E-state index is 13.7. The van der Waals surface area contributed by atoms with E-state index in [9.17, 15) is 24.5 Å². The largest absolute Gasteiger partial charge is 0.469 e. The van der Waals surface area contributed by atoms with Crippen LogP contribution in [0.25, 0.3) is 11.1 Å². The number of hydrogen-bond acceptors (Lipinski definition) is 7. The molecule has 3 aromatic rings. The Kier molecular flexibility index (Phi) is 7.10. The van der Waals surface area contributed by atoms with Crippen molar-refractivity contribution in [1.82, 2.24) is 5.32 Å². The molecule has 4 rings (SSSR count). The number of nitro groups is 1. The first-order valence-electron chi connectivity index (χ1n) is 11.2. The van der Waals surface area contributed by atoms with Gasteiger partial charge in [-0.25, -0.2) is 4.79 Å². The lowest BCUT2D eigenvalue weighted by molar-refractivity contribution is -0.384. The zero-order valence-electron chi connectivity index (χ0n) is 19.7. The minimum Gasteiger partial charge on any atom is -0.469 e. The zero-order valence-corrected chi connectivity index (χ0v) is 19.7. The van der Waals surface area contributed by atoms with Gasteiger partial charge < -0.3 is 14.8 Å². The van der Waals surface area contributed by atoms with Crippen molar-refractivity contribution in [3.05, 3.63) is 99.6 Å². The molecule has 0 spiro atoms. The van der Waals surface area contributed by atoms with Crippen LogP contribution < -0.4 is 5.32 Å². The van der Waals surface area contributed by atoms with Crippen LogP contribution in [0.4, 0.5) is 5.69 Å². The minimum absolute atomic E-state index is 0.145. The van der Waals surface area contributed by atoms with Gasteiger partial charge in [0.1, 0.15) is 6.04 Å². The van der Waals surface area contributed by atoms with Crippen LogP contribution in [0, 0.1) is 10.1 Å². The molecule has 1 aliphatic rings. The van der Waals surface area contributed by atoms with Crippen molar-refractivity contribution in [3.8, 4) is 11.1 Å². The molecule has 36 heavy (non-hydrogen) atoms. The van der Waals surface area contributed by atoms with E-state index in [1.165, 1.54) is 38.5 Å². The third-order valence-corrected chi connectivity index (χ3v) is 6.40. The van der Waals surface area contributed by atoms with E-state index in [1.54, 1.807) is 0 Å². The highest BCUT2D eigenvalue weighted by molar-refractivity contribution is 5.98. The highest BCUT2D eigenvalue weighted by Gasteiger charge is 2.39. The molecular formula is C27H24N2O7. The molecule has 0 aromatic heterocycles. The number of esters is 2. The van der Waals surface area contributed by atoms with Crippen molar-refractivity contribution >= 4 is 23.5 Å². The van der Waals surface area contributed by atoms with Gasteiger partial charge in [-0.05, 0) is 27.8 Å². The van der Waals surface area contributed by atoms with Crippen molar-refractivity contribution in [2.75, 3.05) is 14.2 Å². The maximum Gasteiger partial charge on any atom is 0.329 e. The summed E-state index contributed by atoms with van der Waals surface area (Å²) in [5, 5.41) is 13.9. The Labute approximate surface area is 207 Å². The van der Waals surface area contributed by atoms with Crippen LogP contribution in [0.2, 0.25) is 0 Å². The lowest BCUT2D eigenvalue weighted by atomic mass is 9.87. The Bertz CT molecular complexity index is 1270. The second-order valence-corrected chi connectivity index (χ2v) is 8.35. The Hall–Kier alpha value is -4.53. The average molecular weight is 488 g/mol. The van der Waals surface area contributed by atoms with Gasteiger partial charge in [-0.1, -0.05) is 60.7 Å². The molecule has 1 N–H and O–H groups in total. The predicted octanol–water partition coefficient (Wildman–Crippen LogP) is 3.71. The van der Waals surface area contributed by atoms with Crippen LogP contribution in [0.3, 0.4) is 0 Å². The molecule has 0 aliphatic heterocycles. The standard InChI is InChI=1S/C27H24N2O7/c1-35-23(30)15-22(16-11-13-17(14-12-16)29(33)34)25(27(32)36-2)28-26(31)24-20-9-5-3-7-18(20)19-8-4-6-10-21(19)24/h3-14,22,24-25H,15H2,1-2H3,(H,28,31)/t22-,25+/m1/s1. The van der Waals surface area contributed by atoms with Crippen LogP contribution in [0.1, 0.15) is 34.9 Å². The van der Waals surface area contributed by atoms with Gasteiger partial charge in [0.2, 0.25) is 5.91 Å². The van der Waals surface area contributed by atoms with E-state index in [-0.39, 0.29) is 12.1 Å². The van der Waals surface area contributed by atoms with E-state index >= 15 is 0 Å². The first kappa shape index (κ1) is 24.6. The molecular weight excluding hydrogens is 464 g/mol. The summed E-state index contributed by atoms with van der Waals surface area (Å²) in [6.07, 6.45) is -0.258. The van der Waals surface area contributed by atoms with Crippen LogP contribution in [-0.4, -0.2) is 43.0 Å². The third-order valence-electron chi connectivity index (χ3n) is 6.40. The topological polar surface area (TPSA) is 125 Å². The Morgan fingerprint density at radius 1 is 0.889 bits per heavy atom. The van der Waals surface area contributed by atoms with Gasteiger partial charge in [-0.2, -0.15) is 0 Å². The molecule has 3 aromatic carbocycles. The van der Waals surface area contributed by atoms with E-state index in [1.807, 2.05) is 48.5 Å². The molecule has 0 radical (unpaired) electrons. The fourth-order valence-electron chi connectivity index (χ4n) is 4.66. The van der Waals surface area contributed by atoms with Crippen molar-refractivity contribution in [2.45, 2.75) is 24.3 Å². The molecule has 1 amide bonds. The number of nitrogens with zero attached hydrogens (tertiary/aromatic N) is 1. The van der Waals surface area contributed by atoms with Crippen molar-refractivity contribution in [1.29, 1.82) is 0 Å². The minimum atomic E-state index is -1.25. The lowest BCUT2D eigenvalue weighted by Gasteiger charge is -2.27. The van der Waals surface area contributed by atoms with E-state index in [4.69, 9.17) is 9.47 Å². The number of methoxy groups -OCH3 is 2. The number of benzene rings is 3. The predicted molar refractivity (Wildman–Crippen MR) is 130 cm³/mol. The molecule has 9 heteroatoms. The number of carbonyl (C=O) groups excluding carboxylic acids is 3. The molecule has 0 saturated heterocycles. The third kappa shape index (κ3) is 4.68. The highest BCUT2D eigenvalue weighted by Crippen LogP contribution is 2.44. The highest BCUT2D eigenvalue weighted by atomic mass is 16.6. The number of hydrogen-bond donors (Lipinski definition) is 1. The summed E-state index contributed by atoms with van der Waals surface area (Å²) in [5.74, 6) is -3.35. The Morgan fingerprint density at radius 2 is 1.44 bits per heavy atom. The number of rotatable bonds is 8. The van der Waals surface area contributed by atoms with Gasteiger partial charge in [0.25, 0.3) is 5.69 Å². The zero-order chi connectivity index (χ0) is 25.8. The van der Waals surface area contributed by atoms with E-state index in [0.717, 1.165) is 22.3 Å². The number of nitro benzene ring substituents is 1. The van der Waals surface area contributed by atoms with Crippen LogP contribution >= 0.6 is 0 Å².